The molecule has 0 fully saturated rings. The Bertz CT molecular complexity index is 499. The third kappa shape index (κ3) is 3.55. The summed E-state index contributed by atoms with van der Waals surface area (Å²) in [4.78, 5) is 26.5. The number of methoxy groups -OCH3 is 1. The first-order valence-electron chi connectivity index (χ1n) is 5.18. The maximum Gasteiger partial charge on any atom is 0.342 e. The average Bonchev–Trinajstić information content (AvgIpc) is 2.39. The molecule has 1 rings (SSSR count). The fraction of sp³-hybridized carbons (Fsp3) is 0.154. The first-order chi connectivity index (χ1) is 8.56. The Kier molecular flexibility index (Phi) is 4.80. The van der Waals surface area contributed by atoms with E-state index in [1.807, 2.05) is 0 Å². The van der Waals surface area contributed by atoms with Crippen LogP contribution in [0, 0.1) is 0 Å². The Morgan fingerprint density at radius 3 is 2.39 bits per heavy atom. The highest BCUT2D eigenvalue weighted by atomic mass is 16.5. The normalized spacial score (nSPS) is 12.1. The molecular formula is C13H13NO4. The van der Waals surface area contributed by atoms with Gasteiger partial charge in [0.25, 0.3) is 5.91 Å². The number of hydrogen-bond donors (Lipinski definition) is 1. The summed E-state index contributed by atoms with van der Waals surface area (Å²) in [6, 6.07) is 8.40. The van der Waals surface area contributed by atoms with E-state index in [2.05, 4.69) is 9.73 Å². The van der Waals surface area contributed by atoms with E-state index < -0.39 is 11.9 Å². The Balaban J connectivity index is 2.90. The number of esters is 1. The van der Waals surface area contributed by atoms with Crippen LogP contribution in [0.3, 0.4) is 0 Å². The van der Waals surface area contributed by atoms with Crippen molar-refractivity contribution in [1.82, 2.24) is 0 Å². The summed E-state index contributed by atoms with van der Waals surface area (Å²) in [6.45, 7) is 1.31. The van der Waals surface area contributed by atoms with Gasteiger partial charge in [0, 0.05) is 11.8 Å². The lowest BCUT2D eigenvalue weighted by molar-refractivity contribution is -0.135. The molecule has 0 atom stereocenters. The average molecular weight is 247 g/mol. The minimum atomic E-state index is -0.750. The molecule has 0 unspecified atom stereocenters. The van der Waals surface area contributed by atoms with Gasteiger partial charge in [-0.3, -0.25) is 4.79 Å². The van der Waals surface area contributed by atoms with Crippen LogP contribution >= 0.6 is 0 Å². The van der Waals surface area contributed by atoms with Gasteiger partial charge in [0.05, 0.1) is 7.11 Å². The standard InChI is InChI=1S/C13H13NO4/c1-9(15)11(13(17)18-2)8-14-12(16)10-6-4-3-5-7-10/h3-8,15H,1-2H3/b11-9+,14-8?. The van der Waals surface area contributed by atoms with Crippen molar-refractivity contribution >= 4 is 18.1 Å². The van der Waals surface area contributed by atoms with Gasteiger partial charge in [0.15, 0.2) is 0 Å². The summed E-state index contributed by atoms with van der Waals surface area (Å²) in [5.41, 5.74) is 0.246. The summed E-state index contributed by atoms with van der Waals surface area (Å²) in [5.74, 6) is -1.51. The van der Waals surface area contributed by atoms with Crippen LogP contribution in [0.15, 0.2) is 46.7 Å². The van der Waals surface area contributed by atoms with E-state index in [0.29, 0.717) is 5.56 Å². The van der Waals surface area contributed by atoms with Crippen molar-refractivity contribution in [2.45, 2.75) is 6.92 Å². The zero-order valence-electron chi connectivity index (χ0n) is 10.1. The van der Waals surface area contributed by atoms with Gasteiger partial charge < -0.3 is 9.84 Å². The number of aliphatic imine (C=N–C) groups is 1. The van der Waals surface area contributed by atoms with E-state index >= 15 is 0 Å². The molecule has 1 N–H and O–H groups in total. The first-order valence-corrected chi connectivity index (χ1v) is 5.18. The van der Waals surface area contributed by atoms with Gasteiger partial charge >= 0.3 is 5.97 Å². The monoisotopic (exact) mass is 247 g/mol. The highest BCUT2D eigenvalue weighted by Crippen LogP contribution is 2.04. The maximum absolute atomic E-state index is 11.6. The van der Waals surface area contributed by atoms with E-state index in [-0.39, 0.29) is 11.3 Å². The second-order valence-corrected chi connectivity index (χ2v) is 3.42. The van der Waals surface area contributed by atoms with E-state index in [4.69, 9.17) is 0 Å². The minimum absolute atomic E-state index is 0.151. The molecule has 94 valence electrons. The lowest BCUT2D eigenvalue weighted by Gasteiger charge is -2.00. The molecule has 0 radical (unpaired) electrons. The Morgan fingerprint density at radius 1 is 1.28 bits per heavy atom. The number of ether oxygens (including phenoxy) is 1. The molecule has 0 aromatic heterocycles. The van der Waals surface area contributed by atoms with Gasteiger partial charge in [-0.15, -0.1) is 0 Å². The summed E-state index contributed by atoms with van der Waals surface area (Å²) in [5, 5.41) is 9.27. The molecule has 0 bridgehead atoms. The SMILES string of the molecule is COC(=O)/C(C=NC(=O)c1ccccc1)=C(\C)O. The molecular weight excluding hydrogens is 234 g/mol. The van der Waals surface area contributed by atoms with Gasteiger partial charge in [-0.25, -0.2) is 9.79 Å². The molecule has 0 aliphatic rings. The van der Waals surface area contributed by atoms with Crippen LogP contribution in [0.25, 0.3) is 0 Å². The Hall–Kier alpha value is -2.43. The third-order valence-electron chi connectivity index (χ3n) is 2.13. The number of amides is 1. The van der Waals surface area contributed by atoms with E-state index in [1.54, 1.807) is 30.3 Å². The lowest BCUT2D eigenvalue weighted by atomic mass is 10.2. The number of rotatable bonds is 3. The van der Waals surface area contributed by atoms with E-state index in [0.717, 1.165) is 6.21 Å². The number of hydrogen-bond acceptors (Lipinski definition) is 4. The zero-order valence-corrected chi connectivity index (χ0v) is 10.1. The molecule has 1 aromatic rings. The third-order valence-corrected chi connectivity index (χ3v) is 2.13. The topological polar surface area (TPSA) is 76.0 Å². The number of carbonyl (C=O) groups is 2. The van der Waals surface area contributed by atoms with Crippen molar-refractivity contribution < 1.29 is 19.4 Å². The fourth-order valence-corrected chi connectivity index (χ4v) is 1.18. The largest absolute Gasteiger partial charge is 0.512 e. The van der Waals surface area contributed by atoms with Crippen LogP contribution in [0.1, 0.15) is 17.3 Å². The van der Waals surface area contributed by atoms with E-state index in [1.165, 1.54) is 14.0 Å². The number of carbonyl (C=O) groups excluding carboxylic acids is 2. The second kappa shape index (κ2) is 6.34. The van der Waals surface area contributed by atoms with Crippen molar-refractivity contribution in [3.05, 3.63) is 47.2 Å². The summed E-state index contributed by atoms with van der Waals surface area (Å²) in [6.07, 6.45) is 0.997. The Labute approximate surface area is 104 Å². The first kappa shape index (κ1) is 13.6. The molecule has 0 heterocycles. The molecule has 0 saturated carbocycles. The number of nitrogens with zero attached hydrogens (tertiary/aromatic N) is 1. The van der Waals surface area contributed by atoms with Crippen molar-refractivity contribution in [3.8, 4) is 0 Å². The van der Waals surface area contributed by atoms with Gasteiger partial charge in [-0.2, -0.15) is 0 Å². The van der Waals surface area contributed by atoms with Gasteiger partial charge in [0.1, 0.15) is 11.3 Å². The smallest absolute Gasteiger partial charge is 0.342 e. The molecule has 0 spiro atoms. The van der Waals surface area contributed by atoms with Gasteiger partial charge in [-0.1, -0.05) is 18.2 Å². The van der Waals surface area contributed by atoms with E-state index in [9.17, 15) is 14.7 Å². The lowest BCUT2D eigenvalue weighted by Crippen LogP contribution is -2.09. The molecule has 18 heavy (non-hydrogen) atoms. The molecule has 1 amide bonds. The number of allylic oxidation sites excluding steroid dienone is 1. The van der Waals surface area contributed by atoms with Crippen molar-refractivity contribution in [1.29, 1.82) is 0 Å². The maximum atomic E-state index is 11.6. The fourth-order valence-electron chi connectivity index (χ4n) is 1.18. The van der Waals surface area contributed by atoms with Crippen LogP contribution in [0.2, 0.25) is 0 Å². The molecule has 0 aliphatic heterocycles. The molecule has 5 heteroatoms. The van der Waals surface area contributed by atoms with Crippen LogP contribution in [-0.2, 0) is 9.53 Å². The zero-order chi connectivity index (χ0) is 13.5. The number of benzene rings is 1. The molecule has 0 aliphatic carbocycles. The van der Waals surface area contributed by atoms with Gasteiger partial charge in [0.2, 0.25) is 0 Å². The molecule has 0 saturated heterocycles. The van der Waals surface area contributed by atoms with Crippen LogP contribution < -0.4 is 0 Å². The predicted molar refractivity (Wildman–Crippen MR) is 66.6 cm³/mol. The number of aliphatic hydroxyl groups excluding tert-OH is 1. The highest BCUT2D eigenvalue weighted by Gasteiger charge is 2.11. The van der Waals surface area contributed by atoms with Crippen LogP contribution in [0.4, 0.5) is 0 Å². The minimum Gasteiger partial charge on any atom is -0.512 e. The quantitative estimate of drug-likeness (QED) is 0.383. The summed E-state index contributed by atoms with van der Waals surface area (Å²) >= 11 is 0. The van der Waals surface area contributed by atoms with Crippen LogP contribution in [-0.4, -0.2) is 30.3 Å². The van der Waals surface area contributed by atoms with Crippen molar-refractivity contribution in [3.63, 3.8) is 0 Å². The molecule has 5 nitrogen and oxygen atoms in total. The summed E-state index contributed by atoms with van der Waals surface area (Å²) in [7, 11) is 1.18. The Morgan fingerprint density at radius 2 is 1.89 bits per heavy atom. The van der Waals surface area contributed by atoms with Crippen molar-refractivity contribution in [2.75, 3.05) is 7.11 Å². The van der Waals surface area contributed by atoms with Gasteiger partial charge in [-0.05, 0) is 19.1 Å². The highest BCUT2D eigenvalue weighted by molar-refractivity contribution is 6.13. The molecule has 1 aromatic carbocycles. The van der Waals surface area contributed by atoms with Crippen LogP contribution in [0.5, 0.6) is 0 Å². The predicted octanol–water partition coefficient (Wildman–Crippen LogP) is 1.90. The number of aliphatic hydroxyl groups is 1. The second-order valence-electron chi connectivity index (χ2n) is 3.42. The van der Waals surface area contributed by atoms with Crippen molar-refractivity contribution in [2.24, 2.45) is 4.99 Å². The summed E-state index contributed by atoms with van der Waals surface area (Å²) < 4.78 is 4.45.